The standard InChI is InChI=1S/C12H12BrN3O2S/c13-4-5-18-10-3-1-2-9(6-10)7-14-16-12-15-11(17)8-19-12/h1-3,6-7H,4-5,8H2,(H,15,16,17). The van der Waals surface area contributed by atoms with Gasteiger partial charge in [0.05, 0.1) is 18.6 Å². The van der Waals surface area contributed by atoms with E-state index in [2.05, 4.69) is 31.4 Å². The van der Waals surface area contributed by atoms with Crippen LogP contribution in [0.3, 0.4) is 0 Å². The van der Waals surface area contributed by atoms with Crippen LogP contribution in [0.1, 0.15) is 5.56 Å². The summed E-state index contributed by atoms with van der Waals surface area (Å²) < 4.78 is 5.48. The lowest BCUT2D eigenvalue weighted by molar-refractivity contribution is -0.116. The lowest BCUT2D eigenvalue weighted by atomic mass is 10.2. The number of hydrogen-bond donors (Lipinski definition) is 1. The Labute approximate surface area is 123 Å². The molecule has 0 spiro atoms. The highest BCUT2D eigenvalue weighted by molar-refractivity contribution is 9.09. The van der Waals surface area contributed by atoms with Gasteiger partial charge in [0.1, 0.15) is 5.75 Å². The maximum Gasteiger partial charge on any atom is 0.236 e. The number of alkyl halides is 1. The second-order valence-electron chi connectivity index (χ2n) is 3.60. The fourth-order valence-corrected chi connectivity index (χ4v) is 2.16. The van der Waals surface area contributed by atoms with E-state index in [0.29, 0.717) is 17.5 Å². The molecule has 1 aromatic rings. The second-order valence-corrected chi connectivity index (χ2v) is 5.35. The van der Waals surface area contributed by atoms with E-state index in [1.165, 1.54) is 11.8 Å². The van der Waals surface area contributed by atoms with Crippen LogP contribution in [0.2, 0.25) is 0 Å². The molecule has 0 aliphatic carbocycles. The van der Waals surface area contributed by atoms with Crippen molar-refractivity contribution in [2.45, 2.75) is 0 Å². The van der Waals surface area contributed by atoms with E-state index in [4.69, 9.17) is 4.74 Å². The maximum absolute atomic E-state index is 10.9. The van der Waals surface area contributed by atoms with Gasteiger partial charge in [-0.2, -0.15) is 5.10 Å². The number of carbonyl (C=O) groups excluding carboxylic acids is 1. The van der Waals surface area contributed by atoms with Gasteiger partial charge in [0, 0.05) is 5.33 Å². The van der Waals surface area contributed by atoms with Gasteiger partial charge in [-0.05, 0) is 17.7 Å². The Morgan fingerprint density at radius 1 is 1.53 bits per heavy atom. The maximum atomic E-state index is 10.9. The number of benzene rings is 1. The molecule has 0 unspecified atom stereocenters. The minimum atomic E-state index is -0.0379. The zero-order valence-electron chi connectivity index (χ0n) is 10.0. The predicted molar refractivity (Wildman–Crippen MR) is 81.4 cm³/mol. The summed E-state index contributed by atoms with van der Waals surface area (Å²) in [7, 11) is 0. The van der Waals surface area contributed by atoms with Crippen LogP contribution in [0.15, 0.2) is 34.5 Å². The molecule has 0 bridgehead atoms. The molecule has 2 rings (SSSR count). The third-order valence-electron chi connectivity index (χ3n) is 2.15. The van der Waals surface area contributed by atoms with E-state index in [0.717, 1.165) is 16.6 Å². The van der Waals surface area contributed by atoms with Crippen molar-refractivity contribution in [2.75, 3.05) is 17.7 Å². The first-order valence-electron chi connectivity index (χ1n) is 5.60. The first kappa shape index (κ1) is 14.1. The van der Waals surface area contributed by atoms with Crippen molar-refractivity contribution in [1.82, 2.24) is 5.32 Å². The summed E-state index contributed by atoms with van der Waals surface area (Å²) in [6.07, 6.45) is 1.62. The van der Waals surface area contributed by atoms with Crippen LogP contribution in [-0.4, -0.2) is 35.0 Å². The molecule has 1 aliphatic rings. The van der Waals surface area contributed by atoms with Crippen LogP contribution in [0.25, 0.3) is 0 Å². The lowest BCUT2D eigenvalue weighted by Crippen LogP contribution is -2.19. The van der Waals surface area contributed by atoms with Crippen molar-refractivity contribution < 1.29 is 9.53 Å². The molecule has 0 saturated carbocycles. The molecule has 0 aromatic heterocycles. The first-order chi connectivity index (χ1) is 9.28. The molecule has 0 radical (unpaired) electrons. The van der Waals surface area contributed by atoms with Gasteiger partial charge in [0.2, 0.25) is 5.91 Å². The first-order valence-corrected chi connectivity index (χ1v) is 7.71. The van der Waals surface area contributed by atoms with Crippen LogP contribution in [0.5, 0.6) is 5.75 Å². The lowest BCUT2D eigenvalue weighted by Gasteiger charge is -2.03. The fourth-order valence-electron chi connectivity index (χ4n) is 1.37. The Morgan fingerprint density at radius 2 is 2.42 bits per heavy atom. The number of carbonyl (C=O) groups is 1. The SMILES string of the molecule is O=C1CSC(=NN=Cc2cccc(OCCBr)c2)N1. The van der Waals surface area contributed by atoms with Crippen molar-refractivity contribution in [3.8, 4) is 5.75 Å². The predicted octanol–water partition coefficient (Wildman–Crippen LogP) is 2.01. The molecular formula is C12H12BrN3O2S. The Bertz CT molecular complexity index is 519. The van der Waals surface area contributed by atoms with Crippen molar-refractivity contribution in [2.24, 2.45) is 10.2 Å². The highest BCUT2D eigenvalue weighted by atomic mass is 79.9. The van der Waals surface area contributed by atoms with E-state index in [-0.39, 0.29) is 5.91 Å². The highest BCUT2D eigenvalue weighted by Crippen LogP contribution is 2.12. The number of ether oxygens (including phenoxy) is 1. The zero-order chi connectivity index (χ0) is 13.5. The largest absolute Gasteiger partial charge is 0.493 e. The molecule has 7 heteroatoms. The van der Waals surface area contributed by atoms with Gasteiger partial charge >= 0.3 is 0 Å². The van der Waals surface area contributed by atoms with Gasteiger partial charge in [-0.25, -0.2) is 0 Å². The summed E-state index contributed by atoms with van der Waals surface area (Å²) in [5.74, 6) is 1.16. The molecule has 0 atom stereocenters. The van der Waals surface area contributed by atoms with E-state index >= 15 is 0 Å². The van der Waals surface area contributed by atoms with Crippen molar-refractivity contribution >= 4 is 45.0 Å². The Kier molecular flexibility index (Phi) is 5.41. The number of nitrogens with one attached hydrogen (secondary N) is 1. The molecule has 1 saturated heterocycles. The minimum absolute atomic E-state index is 0.0379. The number of nitrogens with zero attached hydrogens (tertiary/aromatic N) is 2. The van der Waals surface area contributed by atoms with Crippen molar-refractivity contribution in [1.29, 1.82) is 0 Å². The van der Waals surface area contributed by atoms with Crippen LogP contribution in [0.4, 0.5) is 0 Å². The quantitative estimate of drug-likeness (QED) is 0.506. The number of amides is 1. The normalized spacial score (nSPS) is 17.1. The second kappa shape index (κ2) is 7.30. The van der Waals surface area contributed by atoms with Crippen LogP contribution < -0.4 is 10.1 Å². The Hall–Kier alpha value is -1.34. The van der Waals surface area contributed by atoms with Crippen molar-refractivity contribution in [3.63, 3.8) is 0 Å². The zero-order valence-corrected chi connectivity index (χ0v) is 12.4. The summed E-state index contributed by atoms with van der Waals surface area (Å²) >= 11 is 4.65. The van der Waals surface area contributed by atoms with Gasteiger partial charge in [-0.15, -0.1) is 5.10 Å². The molecule has 1 amide bonds. The number of halogens is 1. The average Bonchev–Trinajstić information content (AvgIpc) is 2.83. The minimum Gasteiger partial charge on any atom is -0.493 e. The molecule has 100 valence electrons. The molecule has 19 heavy (non-hydrogen) atoms. The monoisotopic (exact) mass is 341 g/mol. The van der Waals surface area contributed by atoms with Crippen molar-refractivity contribution in [3.05, 3.63) is 29.8 Å². The number of hydrogen-bond acceptors (Lipinski definition) is 5. The molecule has 1 fully saturated rings. The number of rotatable bonds is 5. The Morgan fingerprint density at radius 3 is 3.16 bits per heavy atom. The molecular weight excluding hydrogens is 330 g/mol. The van der Waals surface area contributed by atoms with Gasteiger partial charge in [-0.3, -0.25) is 4.79 Å². The van der Waals surface area contributed by atoms with Gasteiger partial charge < -0.3 is 10.1 Å². The molecule has 1 heterocycles. The molecule has 5 nitrogen and oxygen atoms in total. The summed E-state index contributed by atoms with van der Waals surface area (Å²) in [4.78, 5) is 10.9. The average molecular weight is 342 g/mol. The molecule has 1 aliphatic heterocycles. The summed E-state index contributed by atoms with van der Waals surface area (Å²) in [5, 5.41) is 11.8. The van der Waals surface area contributed by atoms with Crippen LogP contribution in [-0.2, 0) is 4.79 Å². The van der Waals surface area contributed by atoms with E-state index in [9.17, 15) is 4.79 Å². The highest BCUT2D eigenvalue weighted by Gasteiger charge is 2.15. The summed E-state index contributed by atoms with van der Waals surface area (Å²) in [6, 6.07) is 7.57. The Balaban J connectivity index is 1.96. The number of thioether (sulfide) groups is 1. The number of amidine groups is 1. The summed E-state index contributed by atoms with van der Waals surface area (Å²) in [5.41, 5.74) is 0.894. The fraction of sp³-hybridized carbons (Fsp3) is 0.250. The topological polar surface area (TPSA) is 63.0 Å². The molecule has 1 N–H and O–H groups in total. The van der Waals surface area contributed by atoms with Gasteiger partial charge in [0.15, 0.2) is 5.17 Å². The van der Waals surface area contributed by atoms with Gasteiger partial charge in [0.25, 0.3) is 0 Å². The third-order valence-corrected chi connectivity index (χ3v) is 3.33. The molecule has 1 aromatic carbocycles. The van der Waals surface area contributed by atoms with E-state index in [1.54, 1.807) is 6.21 Å². The smallest absolute Gasteiger partial charge is 0.236 e. The van der Waals surface area contributed by atoms with Gasteiger partial charge in [-0.1, -0.05) is 39.8 Å². The van der Waals surface area contributed by atoms with Crippen LogP contribution in [0, 0.1) is 0 Å². The third kappa shape index (κ3) is 4.68. The van der Waals surface area contributed by atoms with E-state index in [1.807, 2.05) is 24.3 Å². The van der Waals surface area contributed by atoms with E-state index < -0.39 is 0 Å². The van der Waals surface area contributed by atoms with Crippen LogP contribution >= 0.6 is 27.7 Å². The summed E-state index contributed by atoms with van der Waals surface area (Å²) in [6.45, 7) is 0.617.